The highest BCUT2D eigenvalue weighted by Crippen LogP contribution is 2.45. The minimum Gasteiger partial charge on any atom is -0.287 e. The molecule has 50 heavy (non-hydrogen) atoms. The van der Waals surface area contributed by atoms with Gasteiger partial charge in [-0.1, -0.05) is 157 Å². The zero-order valence-corrected chi connectivity index (χ0v) is 28.3. The number of amides is 1. The van der Waals surface area contributed by atoms with Gasteiger partial charge in [-0.3, -0.25) is 19.7 Å². The quantitative estimate of drug-likeness (QED) is 0.180. The fraction of sp³-hybridized carbons (Fsp3) is 0.111. The molecule has 5 nitrogen and oxygen atoms in total. The minimum absolute atomic E-state index is 0.0696. The Morgan fingerprint density at radius 1 is 0.560 bits per heavy atom. The van der Waals surface area contributed by atoms with E-state index >= 15 is 0 Å². The van der Waals surface area contributed by atoms with Crippen LogP contribution in [0.3, 0.4) is 0 Å². The number of carbonyl (C=O) groups excluding carboxylic acids is 1. The van der Waals surface area contributed by atoms with Crippen LogP contribution < -0.4 is 0 Å². The van der Waals surface area contributed by atoms with Gasteiger partial charge < -0.3 is 0 Å². The number of amidine groups is 1. The molecule has 0 N–H and O–H groups in total. The normalized spacial score (nSPS) is 15.7. The number of aryl methyl sites for hydroxylation is 2. The number of aliphatic imine (C=N–C) groups is 1. The van der Waals surface area contributed by atoms with Crippen molar-refractivity contribution < 1.29 is 4.79 Å². The first-order valence-electron chi connectivity index (χ1n) is 17.0. The molecule has 0 bridgehead atoms. The largest absolute Gasteiger partial charge is 0.287 e. The van der Waals surface area contributed by atoms with Gasteiger partial charge in [0, 0.05) is 29.2 Å². The van der Waals surface area contributed by atoms with Crippen LogP contribution in [0.25, 0.3) is 44.5 Å². The average Bonchev–Trinajstić information content (AvgIpc) is 3.57. The zero-order valence-electron chi connectivity index (χ0n) is 28.3. The van der Waals surface area contributed by atoms with Gasteiger partial charge in [-0.2, -0.15) is 0 Å². The molecule has 0 spiro atoms. The topological polar surface area (TPSA) is 58.5 Å². The molecule has 1 aromatic heterocycles. The van der Waals surface area contributed by atoms with E-state index in [9.17, 15) is 4.79 Å². The van der Waals surface area contributed by atoms with Crippen molar-refractivity contribution in [2.75, 3.05) is 0 Å². The van der Waals surface area contributed by atoms with Crippen LogP contribution in [0.15, 0.2) is 157 Å². The molecule has 0 aliphatic carbocycles. The third-order valence-corrected chi connectivity index (χ3v) is 9.56. The van der Waals surface area contributed by atoms with Gasteiger partial charge in [-0.15, -0.1) is 0 Å². The maximum atomic E-state index is 13.6. The van der Waals surface area contributed by atoms with E-state index < -0.39 is 0 Å². The fourth-order valence-electron chi connectivity index (χ4n) is 7.03. The minimum atomic E-state index is -0.299. The second-order valence-corrected chi connectivity index (χ2v) is 12.9. The molecular formula is C45H36N4O. The lowest BCUT2D eigenvalue weighted by Crippen LogP contribution is -2.36. The van der Waals surface area contributed by atoms with Gasteiger partial charge in [0.2, 0.25) is 5.91 Å². The Morgan fingerprint density at radius 3 is 1.66 bits per heavy atom. The SMILES string of the molecule is CC(=O)N1C(c2ccccc2-c2cnc3c(-c4ccc(C)cc4)ccc(-c4ccc(C)cc4)c3n2)=N[C@@H](c2ccccc2)[C@@H]1c1ccccc1. The highest BCUT2D eigenvalue weighted by atomic mass is 16.2. The molecule has 0 saturated heterocycles. The van der Waals surface area contributed by atoms with Crippen LogP contribution in [0.5, 0.6) is 0 Å². The lowest BCUT2D eigenvalue weighted by molar-refractivity contribution is -0.126. The number of hydrogen-bond acceptors (Lipinski definition) is 4. The predicted molar refractivity (Wildman–Crippen MR) is 203 cm³/mol. The molecule has 1 amide bonds. The van der Waals surface area contributed by atoms with E-state index in [1.807, 2.05) is 65.7 Å². The lowest BCUT2D eigenvalue weighted by atomic mass is 9.93. The van der Waals surface area contributed by atoms with Crippen LogP contribution in [0.1, 0.15) is 46.8 Å². The van der Waals surface area contributed by atoms with E-state index in [0.29, 0.717) is 11.5 Å². The molecule has 1 aliphatic heterocycles. The van der Waals surface area contributed by atoms with Crippen molar-refractivity contribution in [3.8, 4) is 33.5 Å². The highest BCUT2D eigenvalue weighted by Gasteiger charge is 2.41. The fourth-order valence-corrected chi connectivity index (χ4v) is 7.03. The number of nitrogens with zero attached hydrogens (tertiary/aromatic N) is 4. The van der Waals surface area contributed by atoms with Gasteiger partial charge in [-0.05, 0) is 36.1 Å². The predicted octanol–water partition coefficient (Wildman–Crippen LogP) is 10.3. The summed E-state index contributed by atoms with van der Waals surface area (Å²) in [5.41, 5.74) is 12.8. The summed E-state index contributed by atoms with van der Waals surface area (Å²) in [6.45, 7) is 5.81. The van der Waals surface area contributed by atoms with Crippen molar-refractivity contribution in [3.63, 3.8) is 0 Å². The lowest BCUT2D eigenvalue weighted by Gasteiger charge is -2.29. The Morgan fingerprint density at radius 2 is 1.08 bits per heavy atom. The van der Waals surface area contributed by atoms with Crippen LogP contribution in [0.2, 0.25) is 0 Å². The maximum absolute atomic E-state index is 13.6. The van der Waals surface area contributed by atoms with Crippen LogP contribution in [-0.4, -0.2) is 26.6 Å². The number of rotatable bonds is 6. The molecule has 2 atom stereocenters. The molecule has 1 aliphatic rings. The van der Waals surface area contributed by atoms with Crippen LogP contribution in [0, 0.1) is 13.8 Å². The Kier molecular flexibility index (Phi) is 8.09. The van der Waals surface area contributed by atoms with E-state index in [-0.39, 0.29) is 18.0 Å². The molecule has 6 aromatic carbocycles. The Labute approximate surface area is 292 Å². The summed E-state index contributed by atoms with van der Waals surface area (Å²) in [5, 5.41) is 0. The van der Waals surface area contributed by atoms with Crippen LogP contribution in [-0.2, 0) is 4.79 Å². The number of benzene rings is 6. The Hall–Kier alpha value is -6.20. The first-order valence-corrected chi connectivity index (χ1v) is 17.0. The van der Waals surface area contributed by atoms with Gasteiger partial charge in [-0.25, -0.2) is 4.98 Å². The zero-order chi connectivity index (χ0) is 34.2. The van der Waals surface area contributed by atoms with E-state index in [4.69, 9.17) is 15.0 Å². The summed E-state index contributed by atoms with van der Waals surface area (Å²) in [6, 6.07) is 49.3. The van der Waals surface area contributed by atoms with Crippen molar-refractivity contribution >= 4 is 22.8 Å². The molecule has 242 valence electrons. The van der Waals surface area contributed by atoms with E-state index in [2.05, 4.69) is 105 Å². The van der Waals surface area contributed by atoms with Gasteiger partial charge in [0.1, 0.15) is 11.9 Å². The smallest absolute Gasteiger partial charge is 0.225 e. The first kappa shape index (κ1) is 31.1. The van der Waals surface area contributed by atoms with E-state index in [0.717, 1.165) is 55.5 Å². The van der Waals surface area contributed by atoms with Gasteiger partial charge >= 0.3 is 0 Å². The number of aromatic nitrogens is 2. The second-order valence-electron chi connectivity index (χ2n) is 12.9. The van der Waals surface area contributed by atoms with Gasteiger partial charge in [0.25, 0.3) is 0 Å². The maximum Gasteiger partial charge on any atom is 0.225 e. The van der Waals surface area contributed by atoms with Crippen LogP contribution >= 0.6 is 0 Å². The van der Waals surface area contributed by atoms with Crippen molar-refractivity contribution in [3.05, 3.63) is 180 Å². The highest BCUT2D eigenvalue weighted by molar-refractivity contribution is 6.12. The molecule has 0 radical (unpaired) electrons. The molecule has 8 rings (SSSR count). The first-order chi connectivity index (χ1) is 24.5. The summed E-state index contributed by atoms with van der Waals surface area (Å²) in [7, 11) is 0. The van der Waals surface area contributed by atoms with Crippen molar-refractivity contribution in [2.45, 2.75) is 32.9 Å². The van der Waals surface area contributed by atoms with Gasteiger partial charge in [0.05, 0.1) is 29.0 Å². The number of carbonyl (C=O) groups is 1. The summed E-state index contributed by atoms with van der Waals surface area (Å²) < 4.78 is 0. The number of hydrogen-bond donors (Lipinski definition) is 0. The number of fused-ring (bicyclic) bond motifs is 1. The summed E-state index contributed by atoms with van der Waals surface area (Å²) in [4.78, 5) is 31.4. The molecule has 0 fully saturated rings. The molecule has 0 saturated carbocycles. The Bertz CT molecular complexity index is 2370. The molecule has 7 aromatic rings. The second kappa shape index (κ2) is 13.0. The summed E-state index contributed by atoms with van der Waals surface area (Å²) >= 11 is 0. The molecular weight excluding hydrogens is 613 g/mol. The third kappa shape index (κ3) is 5.67. The average molecular weight is 649 g/mol. The van der Waals surface area contributed by atoms with E-state index in [1.54, 1.807) is 6.92 Å². The van der Waals surface area contributed by atoms with Crippen molar-refractivity contribution in [1.82, 2.24) is 14.9 Å². The van der Waals surface area contributed by atoms with Crippen molar-refractivity contribution in [2.24, 2.45) is 4.99 Å². The summed E-state index contributed by atoms with van der Waals surface area (Å²) in [5.74, 6) is 0.560. The van der Waals surface area contributed by atoms with Crippen LogP contribution in [0.4, 0.5) is 0 Å². The molecule has 5 heteroatoms. The van der Waals surface area contributed by atoms with Gasteiger partial charge in [0.15, 0.2) is 0 Å². The Balaban J connectivity index is 1.32. The monoisotopic (exact) mass is 648 g/mol. The molecule has 0 unspecified atom stereocenters. The third-order valence-electron chi connectivity index (χ3n) is 9.56. The van der Waals surface area contributed by atoms with E-state index in [1.165, 1.54) is 11.1 Å². The molecule has 2 heterocycles. The summed E-state index contributed by atoms with van der Waals surface area (Å²) in [6.07, 6.45) is 1.86. The van der Waals surface area contributed by atoms with Crippen molar-refractivity contribution in [1.29, 1.82) is 0 Å². The standard InChI is InChI=1S/C45H36N4O/c1-29-18-22-32(23-19-29)36-26-27-37(33-24-20-30(2)21-25-33)43-42(36)46-28-40(47-43)38-16-10-11-17-39(38)45-48-41(34-12-6-4-7-13-34)44(49(45)31(3)50)35-14-8-5-9-15-35/h4-28,41,44H,1-3H3/t41-,44-/m0/s1.